The Bertz CT molecular complexity index is 3070. The van der Waals surface area contributed by atoms with Gasteiger partial charge in [0.1, 0.15) is 11.2 Å². The summed E-state index contributed by atoms with van der Waals surface area (Å²) in [5, 5.41) is 7.50. The monoisotopic (exact) mass is 650 g/mol. The first-order chi connectivity index (χ1) is 25.7. The molecule has 4 nitrogen and oxygen atoms in total. The van der Waals surface area contributed by atoms with Gasteiger partial charge in [-0.1, -0.05) is 163 Å². The van der Waals surface area contributed by atoms with Gasteiger partial charge in [-0.05, 0) is 39.3 Å². The van der Waals surface area contributed by atoms with Gasteiger partial charge in [-0.3, -0.25) is 0 Å². The zero-order valence-corrected chi connectivity index (χ0v) is 27.4. The number of hydrogen-bond donors (Lipinski definition) is 0. The quantitative estimate of drug-likeness (QED) is 0.179. The lowest BCUT2D eigenvalue weighted by atomic mass is 9.45. The molecule has 0 radical (unpaired) electrons. The first-order valence-electron chi connectivity index (χ1n) is 17.8. The number of hydrogen-bond acceptors (Lipinski definition) is 4. The molecule has 0 N–H and O–H groups in total. The summed E-state index contributed by atoms with van der Waals surface area (Å²) in [7, 11) is 0. The van der Waals surface area contributed by atoms with Crippen LogP contribution in [0.15, 0.2) is 174 Å². The second kappa shape index (κ2) is 10.9. The van der Waals surface area contributed by atoms with E-state index < -0.39 is 0 Å². The molecule has 0 fully saturated rings. The molecule has 11 rings (SSSR count). The van der Waals surface area contributed by atoms with E-state index in [2.05, 4.69) is 120 Å². The maximum atomic E-state index is 8.96. The zero-order chi connectivity index (χ0) is 34.3. The number of para-hydroxylation sites is 2. The van der Waals surface area contributed by atoms with Gasteiger partial charge in [0.25, 0.3) is 0 Å². The molecule has 5 heteroatoms. The molecule has 8 aromatic carbocycles. The Morgan fingerprint density at radius 3 is 2.12 bits per heavy atom. The predicted octanol–water partition coefficient (Wildman–Crippen LogP) is 10.4. The van der Waals surface area contributed by atoms with Gasteiger partial charge in [-0.25, -0.2) is 9.97 Å². The standard InChI is InChI=1S/C46H28BN3O/c1-3-16-30(17-4-1)43-35-23-11-13-25-38(35)48-46(49-43)50-44-40(33-21-9-10-22-34(33)45-41(44)36-24-12-14-26-39(36)51-45)37-28-27-29-15-7-8-20-32(29)42(37)47(50)31-18-5-2-6-19-31/h1-28H/i16D. The molecule has 2 aromatic heterocycles. The van der Waals surface area contributed by atoms with Crippen LogP contribution in [0.1, 0.15) is 1.37 Å². The van der Waals surface area contributed by atoms with Gasteiger partial charge in [0.05, 0.1) is 23.7 Å². The van der Waals surface area contributed by atoms with Crippen LogP contribution in [0.5, 0.6) is 0 Å². The third kappa shape index (κ3) is 4.09. The molecule has 51 heavy (non-hydrogen) atoms. The molecule has 1 aliphatic rings. The molecule has 0 bridgehead atoms. The van der Waals surface area contributed by atoms with Crippen molar-refractivity contribution in [1.82, 2.24) is 9.97 Å². The minimum Gasteiger partial charge on any atom is -0.455 e. The van der Waals surface area contributed by atoms with Crippen LogP contribution in [0.2, 0.25) is 0 Å². The number of aromatic nitrogens is 2. The summed E-state index contributed by atoms with van der Waals surface area (Å²) >= 11 is 0. The van der Waals surface area contributed by atoms with E-state index in [0.29, 0.717) is 12.0 Å². The highest BCUT2D eigenvalue weighted by Crippen LogP contribution is 2.52. The molecule has 0 saturated heterocycles. The second-order valence-corrected chi connectivity index (χ2v) is 13.2. The SMILES string of the molecule is [2H]c1ccccc1-c1nc(N2B(c3ccccc3)c3c(ccc4ccccc34)-c3c2c2c4ccccc4oc2c2ccccc32)nc2ccccc12. The number of rotatable bonds is 3. The fraction of sp³-hybridized carbons (Fsp3) is 0. The van der Waals surface area contributed by atoms with Crippen molar-refractivity contribution >= 4 is 83.8 Å². The minimum atomic E-state index is -0.298. The number of nitrogens with zero attached hydrogens (tertiary/aromatic N) is 3. The zero-order valence-electron chi connectivity index (χ0n) is 28.4. The molecule has 0 atom stereocenters. The number of benzene rings is 8. The molecular formula is C46H28BN3O. The molecule has 1 aliphatic heterocycles. The lowest BCUT2D eigenvalue weighted by Crippen LogP contribution is -2.58. The molecular weight excluding hydrogens is 621 g/mol. The van der Waals surface area contributed by atoms with Gasteiger partial charge in [0.2, 0.25) is 5.95 Å². The predicted molar refractivity (Wildman–Crippen MR) is 213 cm³/mol. The summed E-state index contributed by atoms with van der Waals surface area (Å²) in [4.78, 5) is 13.3. The van der Waals surface area contributed by atoms with Crippen molar-refractivity contribution in [2.24, 2.45) is 0 Å². The van der Waals surface area contributed by atoms with Crippen LogP contribution >= 0.6 is 0 Å². The van der Waals surface area contributed by atoms with Gasteiger partial charge in [0.15, 0.2) is 0 Å². The molecule has 236 valence electrons. The first-order valence-corrected chi connectivity index (χ1v) is 17.3. The third-order valence-electron chi connectivity index (χ3n) is 10.4. The minimum absolute atomic E-state index is 0.298. The van der Waals surface area contributed by atoms with Gasteiger partial charge in [-0.15, -0.1) is 0 Å². The van der Waals surface area contributed by atoms with Crippen molar-refractivity contribution in [1.29, 1.82) is 0 Å². The first kappa shape index (κ1) is 27.1. The van der Waals surface area contributed by atoms with Crippen LogP contribution in [-0.4, -0.2) is 16.8 Å². The van der Waals surface area contributed by atoms with Gasteiger partial charge in [-0.2, -0.15) is 0 Å². The van der Waals surface area contributed by atoms with Crippen molar-refractivity contribution < 1.29 is 5.79 Å². The van der Waals surface area contributed by atoms with Crippen molar-refractivity contribution in [3.8, 4) is 22.4 Å². The number of furan rings is 1. The maximum Gasteiger partial charge on any atom is 0.332 e. The second-order valence-electron chi connectivity index (χ2n) is 13.2. The molecule has 0 spiro atoms. The van der Waals surface area contributed by atoms with Crippen molar-refractivity contribution in [2.45, 2.75) is 0 Å². The summed E-state index contributed by atoms with van der Waals surface area (Å²) in [5.74, 6) is 0.563. The lowest BCUT2D eigenvalue weighted by molar-refractivity contribution is 0.672. The summed E-state index contributed by atoms with van der Waals surface area (Å²) in [6.45, 7) is -0.298. The molecule has 0 amide bonds. The molecule has 0 unspecified atom stereocenters. The van der Waals surface area contributed by atoms with E-state index in [-0.39, 0.29) is 6.85 Å². The van der Waals surface area contributed by atoms with E-state index in [1.807, 2.05) is 48.5 Å². The molecule has 0 saturated carbocycles. The normalized spacial score (nSPS) is 12.9. The van der Waals surface area contributed by atoms with Gasteiger partial charge >= 0.3 is 6.85 Å². The highest BCUT2D eigenvalue weighted by Gasteiger charge is 2.42. The van der Waals surface area contributed by atoms with Gasteiger partial charge < -0.3 is 9.23 Å². The average Bonchev–Trinajstić information content (AvgIpc) is 3.60. The summed E-state index contributed by atoms with van der Waals surface area (Å²) < 4.78 is 15.8. The largest absolute Gasteiger partial charge is 0.455 e. The summed E-state index contributed by atoms with van der Waals surface area (Å²) in [6.07, 6.45) is 0. The smallest absolute Gasteiger partial charge is 0.332 e. The Hall–Kier alpha value is -6.72. The van der Waals surface area contributed by atoms with Gasteiger partial charge in [0, 0.05) is 27.3 Å². The van der Waals surface area contributed by atoms with Crippen molar-refractivity contribution in [3.05, 3.63) is 170 Å². The van der Waals surface area contributed by atoms with E-state index in [1.165, 1.54) is 21.8 Å². The molecule has 0 aliphatic carbocycles. The lowest BCUT2D eigenvalue weighted by Gasteiger charge is -2.39. The fourth-order valence-corrected chi connectivity index (χ4v) is 8.29. The van der Waals surface area contributed by atoms with E-state index in [9.17, 15) is 0 Å². The van der Waals surface area contributed by atoms with Crippen LogP contribution in [0.3, 0.4) is 0 Å². The van der Waals surface area contributed by atoms with Crippen LogP contribution in [0, 0.1) is 0 Å². The van der Waals surface area contributed by atoms with Crippen molar-refractivity contribution in [2.75, 3.05) is 4.81 Å². The van der Waals surface area contributed by atoms with E-state index in [4.69, 9.17) is 15.8 Å². The third-order valence-corrected chi connectivity index (χ3v) is 10.4. The van der Waals surface area contributed by atoms with Crippen LogP contribution in [0.25, 0.3) is 76.8 Å². The van der Waals surface area contributed by atoms with Crippen molar-refractivity contribution in [3.63, 3.8) is 0 Å². The Labute approximate surface area is 295 Å². The fourth-order valence-electron chi connectivity index (χ4n) is 8.29. The molecule has 3 heterocycles. The Balaban J connectivity index is 1.39. The summed E-state index contributed by atoms with van der Waals surface area (Å²) in [5.41, 5.74) is 9.63. The summed E-state index contributed by atoms with van der Waals surface area (Å²) in [6, 6.07) is 57.1. The number of anilines is 2. The van der Waals surface area contributed by atoms with E-state index in [0.717, 1.165) is 71.6 Å². The topological polar surface area (TPSA) is 42.2 Å². The molecule has 10 aromatic rings. The van der Waals surface area contributed by atoms with E-state index in [1.54, 1.807) is 0 Å². The number of fused-ring (bicyclic) bond motifs is 13. The highest BCUT2D eigenvalue weighted by molar-refractivity contribution is 6.92. The van der Waals surface area contributed by atoms with Crippen LogP contribution in [-0.2, 0) is 0 Å². The van der Waals surface area contributed by atoms with E-state index >= 15 is 0 Å². The Kier molecular flexibility index (Phi) is 5.80. The Morgan fingerprint density at radius 2 is 1.25 bits per heavy atom. The average molecular weight is 651 g/mol. The highest BCUT2D eigenvalue weighted by atomic mass is 16.3. The van der Waals surface area contributed by atoms with Crippen LogP contribution < -0.4 is 15.7 Å². The van der Waals surface area contributed by atoms with Crippen LogP contribution in [0.4, 0.5) is 11.6 Å². The maximum absolute atomic E-state index is 8.96. The Morgan fingerprint density at radius 1 is 0.569 bits per heavy atom.